The van der Waals surface area contributed by atoms with Crippen molar-refractivity contribution < 1.29 is 27.5 Å². The van der Waals surface area contributed by atoms with Crippen LogP contribution >= 0.6 is 0 Å². The Hall–Kier alpha value is -1.63. The lowest BCUT2D eigenvalue weighted by atomic mass is 9.99. The monoisotopic (exact) mass is 277 g/mol. The fourth-order valence-corrected chi connectivity index (χ4v) is 1.97. The van der Waals surface area contributed by atoms with Crippen LogP contribution in [0.3, 0.4) is 0 Å². The Morgan fingerprint density at radius 2 is 2.00 bits per heavy atom. The van der Waals surface area contributed by atoms with Gasteiger partial charge in [-0.3, -0.25) is 9.69 Å². The van der Waals surface area contributed by atoms with Crippen molar-refractivity contribution in [1.82, 2.24) is 4.90 Å². The Morgan fingerprint density at radius 3 is 2.53 bits per heavy atom. The van der Waals surface area contributed by atoms with Crippen LogP contribution in [0.25, 0.3) is 0 Å². The van der Waals surface area contributed by atoms with Crippen LogP contribution in [0.5, 0.6) is 0 Å². The molecule has 1 heterocycles. The van der Waals surface area contributed by atoms with Gasteiger partial charge in [-0.1, -0.05) is 0 Å². The van der Waals surface area contributed by atoms with Gasteiger partial charge in [0.25, 0.3) is 0 Å². The van der Waals surface area contributed by atoms with E-state index in [0.717, 1.165) is 12.1 Å². The van der Waals surface area contributed by atoms with Gasteiger partial charge in [-0.2, -0.15) is 13.2 Å². The third-order valence-electron chi connectivity index (χ3n) is 3.07. The Morgan fingerprint density at radius 1 is 1.37 bits per heavy atom. The van der Waals surface area contributed by atoms with Crippen LogP contribution < -0.4 is 0 Å². The van der Waals surface area contributed by atoms with Gasteiger partial charge in [0.15, 0.2) is 0 Å². The van der Waals surface area contributed by atoms with Gasteiger partial charge >= 0.3 is 12.1 Å². The van der Waals surface area contributed by atoms with E-state index < -0.39 is 29.4 Å². The smallest absolute Gasteiger partial charge is 0.416 e. The van der Waals surface area contributed by atoms with E-state index >= 15 is 0 Å². The van der Waals surface area contributed by atoms with Gasteiger partial charge in [-0.15, -0.1) is 0 Å². The molecule has 0 radical (unpaired) electrons. The van der Waals surface area contributed by atoms with Gasteiger partial charge in [0.1, 0.15) is 5.82 Å². The number of carboxylic acids is 1. The van der Waals surface area contributed by atoms with Crippen LogP contribution in [0.15, 0.2) is 18.2 Å². The highest BCUT2D eigenvalue weighted by Gasteiger charge is 2.34. The van der Waals surface area contributed by atoms with Crippen LogP contribution in [-0.4, -0.2) is 29.1 Å². The number of carbonyl (C=O) groups is 1. The molecule has 1 aliphatic rings. The number of aliphatic carboxylic acids is 1. The van der Waals surface area contributed by atoms with E-state index in [9.17, 15) is 22.4 Å². The molecule has 0 spiro atoms. The molecule has 2 rings (SSSR count). The van der Waals surface area contributed by atoms with E-state index in [0.29, 0.717) is 6.07 Å². The standard InChI is InChI=1S/C12H11F4NO2/c13-10-2-1-9(12(14,15)16)3-7(10)4-17-5-8(6-17)11(18)19/h1-3,8H,4-6H2,(H,18,19). The molecule has 0 aromatic heterocycles. The second kappa shape index (κ2) is 4.80. The molecule has 104 valence electrons. The zero-order valence-electron chi connectivity index (χ0n) is 9.75. The second-order valence-corrected chi connectivity index (χ2v) is 4.53. The minimum atomic E-state index is -4.51. The van der Waals surface area contributed by atoms with E-state index in [1.54, 1.807) is 4.90 Å². The molecule has 0 atom stereocenters. The first-order valence-electron chi connectivity index (χ1n) is 5.58. The third-order valence-corrected chi connectivity index (χ3v) is 3.07. The minimum absolute atomic E-state index is 0.0144. The zero-order valence-corrected chi connectivity index (χ0v) is 9.75. The summed E-state index contributed by atoms with van der Waals surface area (Å²) < 4.78 is 50.9. The highest BCUT2D eigenvalue weighted by Crippen LogP contribution is 2.31. The van der Waals surface area contributed by atoms with E-state index in [4.69, 9.17) is 5.11 Å². The first kappa shape index (κ1) is 13.8. The number of rotatable bonds is 3. The second-order valence-electron chi connectivity index (χ2n) is 4.53. The molecule has 0 amide bonds. The van der Waals surface area contributed by atoms with Crippen molar-refractivity contribution in [2.24, 2.45) is 5.92 Å². The number of hydrogen-bond donors (Lipinski definition) is 1. The van der Waals surface area contributed by atoms with Crippen molar-refractivity contribution in [1.29, 1.82) is 0 Å². The number of carboxylic acid groups (broad SMARTS) is 1. The predicted molar refractivity (Wildman–Crippen MR) is 57.8 cm³/mol. The Bertz CT molecular complexity index is 495. The van der Waals surface area contributed by atoms with Crippen molar-refractivity contribution in [3.8, 4) is 0 Å². The molecule has 0 unspecified atom stereocenters. The maximum absolute atomic E-state index is 13.4. The maximum atomic E-state index is 13.4. The molecular weight excluding hydrogens is 266 g/mol. The number of hydrogen-bond acceptors (Lipinski definition) is 2. The average molecular weight is 277 g/mol. The van der Waals surface area contributed by atoms with Crippen LogP contribution in [0.4, 0.5) is 17.6 Å². The molecule has 0 bridgehead atoms. The van der Waals surface area contributed by atoms with Crippen LogP contribution in [-0.2, 0) is 17.5 Å². The van der Waals surface area contributed by atoms with E-state index in [1.165, 1.54) is 0 Å². The summed E-state index contributed by atoms with van der Waals surface area (Å²) >= 11 is 0. The quantitative estimate of drug-likeness (QED) is 0.862. The summed E-state index contributed by atoms with van der Waals surface area (Å²) in [4.78, 5) is 12.2. The topological polar surface area (TPSA) is 40.5 Å². The van der Waals surface area contributed by atoms with Gasteiger partial charge in [-0.05, 0) is 18.2 Å². The molecule has 19 heavy (non-hydrogen) atoms. The summed E-state index contributed by atoms with van der Waals surface area (Å²) in [6, 6.07) is 2.24. The van der Waals surface area contributed by atoms with Gasteiger partial charge in [0.2, 0.25) is 0 Å². The Labute approximate surface area is 106 Å². The van der Waals surface area contributed by atoms with Crippen molar-refractivity contribution >= 4 is 5.97 Å². The molecule has 1 N–H and O–H groups in total. The van der Waals surface area contributed by atoms with E-state index in [1.807, 2.05) is 0 Å². The van der Waals surface area contributed by atoms with Gasteiger partial charge in [0, 0.05) is 25.2 Å². The van der Waals surface area contributed by atoms with Crippen molar-refractivity contribution in [3.05, 3.63) is 35.1 Å². The van der Waals surface area contributed by atoms with E-state index in [2.05, 4.69) is 0 Å². The number of alkyl halides is 3. The van der Waals surface area contributed by atoms with Gasteiger partial charge < -0.3 is 5.11 Å². The Kier molecular flexibility index (Phi) is 3.49. The lowest BCUT2D eigenvalue weighted by molar-refractivity contribution is -0.147. The van der Waals surface area contributed by atoms with Crippen molar-refractivity contribution in [3.63, 3.8) is 0 Å². The Balaban J connectivity index is 2.07. The molecule has 7 heteroatoms. The molecule has 1 aromatic carbocycles. The molecule has 1 fully saturated rings. The molecular formula is C12H11F4NO2. The first-order chi connectivity index (χ1) is 8.77. The van der Waals surface area contributed by atoms with Crippen molar-refractivity contribution in [2.45, 2.75) is 12.7 Å². The first-order valence-corrected chi connectivity index (χ1v) is 5.58. The van der Waals surface area contributed by atoms with Gasteiger partial charge in [0.05, 0.1) is 11.5 Å². The average Bonchev–Trinajstić information content (AvgIpc) is 2.22. The fraction of sp³-hybridized carbons (Fsp3) is 0.417. The molecule has 0 saturated carbocycles. The molecule has 1 aliphatic heterocycles. The summed E-state index contributed by atoms with van der Waals surface area (Å²) in [5.41, 5.74) is -0.974. The number of halogens is 4. The van der Waals surface area contributed by atoms with Crippen LogP contribution in [0.2, 0.25) is 0 Å². The molecule has 3 nitrogen and oxygen atoms in total. The SMILES string of the molecule is O=C(O)C1CN(Cc2cc(C(F)(F)F)ccc2F)C1. The third kappa shape index (κ3) is 3.04. The summed E-state index contributed by atoms with van der Waals surface area (Å²) in [6.07, 6.45) is -4.51. The highest BCUT2D eigenvalue weighted by molar-refractivity contribution is 5.71. The summed E-state index contributed by atoms with van der Waals surface area (Å²) in [7, 11) is 0. The van der Waals surface area contributed by atoms with Crippen LogP contribution in [0.1, 0.15) is 11.1 Å². The molecule has 0 aliphatic carbocycles. The summed E-state index contributed by atoms with van der Waals surface area (Å²) in [6.45, 7) is 0.440. The predicted octanol–water partition coefficient (Wildman–Crippen LogP) is 2.36. The maximum Gasteiger partial charge on any atom is 0.416 e. The van der Waals surface area contributed by atoms with Gasteiger partial charge in [-0.25, -0.2) is 4.39 Å². The highest BCUT2D eigenvalue weighted by atomic mass is 19.4. The number of benzene rings is 1. The minimum Gasteiger partial charge on any atom is -0.481 e. The summed E-state index contributed by atoms with van der Waals surface area (Å²) in [5.74, 6) is -2.18. The molecule has 1 saturated heterocycles. The number of likely N-dealkylation sites (tertiary alicyclic amines) is 1. The van der Waals surface area contributed by atoms with Crippen LogP contribution in [0, 0.1) is 11.7 Å². The molecule has 1 aromatic rings. The number of nitrogens with zero attached hydrogens (tertiary/aromatic N) is 1. The largest absolute Gasteiger partial charge is 0.481 e. The lowest BCUT2D eigenvalue weighted by Gasteiger charge is -2.36. The summed E-state index contributed by atoms with van der Waals surface area (Å²) in [5, 5.41) is 8.67. The van der Waals surface area contributed by atoms with Crippen molar-refractivity contribution in [2.75, 3.05) is 13.1 Å². The normalized spacial score (nSPS) is 17.3. The fourth-order valence-electron chi connectivity index (χ4n) is 1.97. The van der Waals surface area contributed by atoms with E-state index in [-0.39, 0.29) is 25.2 Å². The zero-order chi connectivity index (χ0) is 14.2. The lowest BCUT2D eigenvalue weighted by Crippen LogP contribution is -2.49.